The molecule has 1 aromatic rings. The van der Waals surface area contributed by atoms with Crippen molar-refractivity contribution in [2.24, 2.45) is 0 Å². The van der Waals surface area contributed by atoms with Gasteiger partial charge >= 0.3 is 0 Å². The van der Waals surface area contributed by atoms with E-state index < -0.39 is 0 Å². The van der Waals surface area contributed by atoms with Crippen molar-refractivity contribution in [2.75, 3.05) is 13.6 Å². The highest BCUT2D eigenvalue weighted by Gasteiger charge is 2.22. The van der Waals surface area contributed by atoms with Crippen LogP contribution in [0.25, 0.3) is 0 Å². The molecule has 0 radical (unpaired) electrons. The van der Waals surface area contributed by atoms with Crippen LogP contribution >= 0.6 is 0 Å². The average molecular weight is 236 g/mol. The Morgan fingerprint density at radius 2 is 2.18 bits per heavy atom. The summed E-state index contributed by atoms with van der Waals surface area (Å²) in [6, 6.07) is 8.12. The predicted molar refractivity (Wildman–Crippen MR) is 68.4 cm³/mol. The smallest absolute Gasteiger partial charge is 0.127 e. The summed E-state index contributed by atoms with van der Waals surface area (Å²) in [5.74, 6) is -0.110. The van der Waals surface area contributed by atoms with Crippen molar-refractivity contribution in [2.45, 2.75) is 38.4 Å². The van der Waals surface area contributed by atoms with Crippen molar-refractivity contribution >= 4 is 0 Å². The summed E-state index contributed by atoms with van der Waals surface area (Å²) in [5, 5.41) is 3.46. The van der Waals surface area contributed by atoms with Crippen molar-refractivity contribution in [3.63, 3.8) is 0 Å². The van der Waals surface area contributed by atoms with Gasteiger partial charge in [0.1, 0.15) is 5.82 Å². The maximum absolute atomic E-state index is 13.4. The standard InChI is InChI=1S/C14H21FN2/c1-11-9-13(7-8-17(11)2)16-10-12-5-3-4-6-14(12)15/h3-6,11,13,16H,7-10H2,1-2H3. The Kier molecular flexibility index (Phi) is 4.13. The minimum atomic E-state index is -0.110. The van der Waals surface area contributed by atoms with Crippen molar-refractivity contribution in [1.29, 1.82) is 0 Å². The van der Waals surface area contributed by atoms with Crippen LogP contribution < -0.4 is 5.32 Å². The summed E-state index contributed by atoms with van der Waals surface area (Å²) >= 11 is 0. The fourth-order valence-corrected chi connectivity index (χ4v) is 2.37. The van der Waals surface area contributed by atoms with Gasteiger partial charge in [-0.15, -0.1) is 0 Å². The van der Waals surface area contributed by atoms with Crippen LogP contribution in [0.1, 0.15) is 25.3 Å². The van der Waals surface area contributed by atoms with Gasteiger partial charge < -0.3 is 10.2 Å². The van der Waals surface area contributed by atoms with Gasteiger partial charge in [0.05, 0.1) is 0 Å². The van der Waals surface area contributed by atoms with Crippen LogP contribution in [0.15, 0.2) is 24.3 Å². The molecular formula is C14H21FN2. The second kappa shape index (κ2) is 5.61. The van der Waals surface area contributed by atoms with E-state index in [2.05, 4.69) is 24.2 Å². The largest absolute Gasteiger partial charge is 0.310 e. The minimum Gasteiger partial charge on any atom is -0.310 e. The summed E-state index contributed by atoms with van der Waals surface area (Å²) in [5.41, 5.74) is 0.763. The molecule has 2 rings (SSSR count). The maximum atomic E-state index is 13.4. The van der Waals surface area contributed by atoms with Crippen LogP contribution in [0, 0.1) is 5.82 Å². The highest BCUT2D eigenvalue weighted by Crippen LogP contribution is 2.16. The third kappa shape index (κ3) is 3.27. The van der Waals surface area contributed by atoms with Crippen LogP contribution in [-0.2, 0) is 6.54 Å². The van der Waals surface area contributed by atoms with E-state index in [1.54, 1.807) is 6.07 Å². The highest BCUT2D eigenvalue weighted by molar-refractivity contribution is 5.17. The first-order valence-corrected chi connectivity index (χ1v) is 6.34. The number of hydrogen-bond acceptors (Lipinski definition) is 2. The van der Waals surface area contributed by atoms with E-state index >= 15 is 0 Å². The van der Waals surface area contributed by atoms with Crippen LogP contribution in [0.4, 0.5) is 4.39 Å². The zero-order valence-electron chi connectivity index (χ0n) is 10.6. The molecule has 3 heteroatoms. The number of hydrogen-bond donors (Lipinski definition) is 1. The fourth-order valence-electron chi connectivity index (χ4n) is 2.37. The molecule has 17 heavy (non-hydrogen) atoms. The van der Waals surface area contributed by atoms with Gasteiger partial charge in [0.25, 0.3) is 0 Å². The molecule has 1 N–H and O–H groups in total. The van der Waals surface area contributed by atoms with E-state index in [4.69, 9.17) is 0 Å². The lowest BCUT2D eigenvalue weighted by atomic mass is 9.98. The topological polar surface area (TPSA) is 15.3 Å². The van der Waals surface area contributed by atoms with E-state index in [1.165, 1.54) is 6.07 Å². The van der Waals surface area contributed by atoms with E-state index in [1.807, 2.05) is 12.1 Å². The van der Waals surface area contributed by atoms with Crippen LogP contribution in [0.5, 0.6) is 0 Å². The highest BCUT2D eigenvalue weighted by atomic mass is 19.1. The molecule has 0 saturated carbocycles. The second-order valence-corrected chi connectivity index (χ2v) is 5.02. The first-order chi connectivity index (χ1) is 8.16. The molecular weight excluding hydrogens is 215 g/mol. The number of piperidine rings is 1. The van der Waals surface area contributed by atoms with Gasteiger partial charge in [0.15, 0.2) is 0 Å². The predicted octanol–water partition coefficient (Wildman–Crippen LogP) is 2.40. The lowest BCUT2D eigenvalue weighted by Crippen LogP contribution is -2.45. The van der Waals surface area contributed by atoms with E-state index in [-0.39, 0.29) is 5.82 Å². The molecule has 2 atom stereocenters. The first-order valence-electron chi connectivity index (χ1n) is 6.34. The maximum Gasteiger partial charge on any atom is 0.127 e. The number of nitrogens with zero attached hydrogens (tertiary/aromatic N) is 1. The van der Waals surface area contributed by atoms with Crippen molar-refractivity contribution in [3.8, 4) is 0 Å². The van der Waals surface area contributed by atoms with Gasteiger partial charge in [-0.05, 0) is 39.4 Å². The molecule has 1 aromatic carbocycles. The SMILES string of the molecule is CC1CC(NCc2ccccc2F)CCN1C. The summed E-state index contributed by atoms with van der Waals surface area (Å²) in [4.78, 5) is 2.38. The molecule has 0 spiro atoms. The molecule has 0 bridgehead atoms. The molecule has 94 valence electrons. The van der Waals surface area contributed by atoms with Crippen molar-refractivity contribution in [1.82, 2.24) is 10.2 Å². The summed E-state index contributed by atoms with van der Waals surface area (Å²) in [6.07, 6.45) is 2.29. The molecule has 1 saturated heterocycles. The fraction of sp³-hybridized carbons (Fsp3) is 0.571. The quantitative estimate of drug-likeness (QED) is 0.867. The Hall–Kier alpha value is -0.930. The molecule has 0 aliphatic carbocycles. The lowest BCUT2D eigenvalue weighted by molar-refractivity contribution is 0.168. The molecule has 1 aliphatic heterocycles. The first kappa shape index (κ1) is 12.5. The van der Waals surface area contributed by atoms with Gasteiger partial charge in [-0.25, -0.2) is 4.39 Å². The molecule has 1 heterocycles. The molecule has 1 fully saturated rings. The molecule has 0 aromatic heterocycles. The Morgan fingerprint density at radius 1 is 1.41 bits per heavy atom. The lowest BCUT2D eigenvalue weighted by Gasteiger charge is -2.35. The van der Waals surface area contributed by atoms with Gasteiger partial charge in [-0.3, -0.25) is 0 Å². The number of benzene rings is 1. The van der Waals surface area contributed by atoms with Crippen LogP contribution in [0.3, 0.4) is 0 Å². The van der Waals surface area contributed by atoms with E-state index in [9.17, 15) is 4.39 Å². The van der Waals surface area contributed by atoms with Crippen LogP contribution in [0.2, 0.25) is 0 Å². The third-order valence-corrected chi connectivity index (χ3v) is 3.75. The second-order valence-electron chi connectivity index (χ2n) is 5.02. The Morgan fingerprint density at radius 3 is 2.88 bits per heavy atom. The Bertz CT molecular complexity index is 367. The van der Waals surface area contributed by atoms with Gasteiger partial charge in [-0.2, -0.15) is 0 Å². The Labute approximate surface area is 103 Å². The summed E-state index contributed by atoms with van der Waals surface area (Å²) in [7, 11) is 2.16. The molecule has 2 nitrogen and oxygen atoms in total. The zero-order chi connectivity index (χ0) is 12.3. The Balaban J connectivity index is 1.85. The van der Waals surface area contributed by atoms with E-state index in [0.717, 1.165) is 24.9 Å². The number of nitrogens with one attached hydrogen (secondary N) is 1. The van der Waals surface area contributed by atoms with Gasteiger partial charge in [-0.1, -0.05) is 18.2 Å². The summed E-state index contributed by atoms with van der Waals surface area (Å²) < 4.78 is 13.4. The molecule has 2 unspecified atom stereocenters. The monoisotopic (exact) mass is 236 g/mol. The van der Waals surface area contributed by atoms with E-state index in [0.29, 0.717) is 18.6 Å². The minimum absolute atomic E-state index is 0.110. The average Bonchev–Trinajstić information content (AvgIpc) is 2.32. The molecule has 0 amide bonds. The number of rotatable bonds is 3. The third-order valence-electron chi connectivity index (χ3n) is 3.75. The number of likely N-dealkylation sites (tertiary alicyclic amines) is 1. The zero-order valence-corrected chi connectivity index (χ0v) is 10.6. The van der Waals surface area contributed by atoms with Crippen molar-refractivity contribution in [3.05, 3.63) is 35.6 Å². The van der Waals surface area contributed by atoms with Gasteiger partial charge in [0, 0.05) is 24.2 Å². The number of halogens is 1. The normalized spacial score (nSPS) is 26.1. The van der Waals surface area contributed by atoms with Crippen molar-refractivity contribution < 1.29 is 4.39 Å². The summed E-state index contributed by atoms with van der Waals surface area (Å²) in [6.45, 7) is 4.00. The van der Waals surface area contributed by atoms with Gasteiger partial charge in [0.2, 0.25) is 0 Å². The molecule has 1 aliphatic rings. The van der Waals surface area contributed by atoms with Crippen LogP contribution in [-0.4, -0.2) is 30.6 Å².